The number of hydrogen-bond acceptors (Lipinski definition) is 2. The van der Waals surface area contributed by atoms with Gasteiger partial charge in [0, 0.05) is 0 Å². The maximum absolute atomic E-state index is 11.3. The lowest BCUT2D eigenvalue weighted by Gasteiger charge is -2.02. The molecule has 0 fully saturated rings. The molecule has 0 aliphatic carbocycles. The van der Waals surface area contributed by atoms with Crippen LogP contribution < -0.4 is 0 Å². The topological polar surface area (TPSA) is 26.3 Å². The molecule has 0 unspecified atom stereocenters. The molecule has 0 saturated heterocycles. The van der Waals surface area contributed by atoms with Crippen LogP contribution in [0.15, 0.2) is 28.3 Å². The molecule has 0 radical (unpaired) electrons. The van der Waals surface area contributed by atoms with E-state index >= 15 is 0 Å². The van der Waals surface area contributed by atoms with Crippen LogP contribution >= 0.6 is 22.6 Å². The van der Waals surface area contributed by atoms with Gasteiger partial charge in [0.05, 0.1) is 12.7 Å². The highest BCUT2D eigenvalue weighted by molar-refractivity contribution is 14.1. The third-order valence-corrected chi connectivity index (χ3v) is 1.97. The van der Waals surface area contributed by atoms with Crippen molar-refractivity contribution in [1.29, 1.82) is 0 Å². The second-order valence-corrected chi connectivity index (χ2v) is 3.09. The number of carbonyl (C=O) groups excluding carboxylic acids is 1. The molecule has 0 aliphatic heterocycles. The molecule has 3 heteroatoms. The zero-order valence-corrected chi connectivity index (χ0v) is 9.32. The van der Waals surface area contributed by atoms with Gasteiger partial charge in [-0.15, -0.1) is 0 Å². The van der Waals surface area contributed by atoms with Crippen molar-refractivity contribution in [2.45, 2.75) is 0 Å². The lowest BCUT2D eigenvalue weighted by atomic mass is 10.1. The Bertz CT molecular complexity index is 331. The van der Waals surface area contributed by atoms with Crippen molar-refractivity contribution in [3.05, 3.63) is 39.5 Å². The first-order valence-corrected chi connectivity index (χ1v) is 4.98. The van der Waals surface area contributed by atoms with E-state index in [2.05, 4.69) is 27.3 Å². The van der Waals surface area contributed by atoms with Gasteiger partial charge in [-0.3, -0.25) is 0 Å². The minimum atomic E-state index is -0.301. The lowest BCUT2D eigenvalue weighted by Crippen LogP contribution is -2.02. The number of carbonyl (C=O) groups is 1. The van der Waals surface area contributed by atoms with Crippen molar-refractivity contribution in [2.75, 3.05) is 7.11 Å². The summed E-state index contributed by atoms with van der Waals surface area (Å²) in [6.07, 6.45) is 1.87. The Kier molecular flexibility index (Phi) is 3.95. The molecule has 0 bridgehead atoms. The fourth-order valence-electron chi connectivity index (χ4n) is 1.01. The second-order valence-electron chi connectivity index (χ2n) is 2.37. The molecule has 2 nitrogen and oxygen atoms in total. The first-order valence-electron chi connectivity index (χ1n) is 3.73. The molecule has 0 aromatic heterocycles. The molecule has 1 aromatic carbocycles. The maximum Gasteiger partial charge on any atom is 0.338 e. The van der Waals surface area contributed by atoms with E-state index in [-0.39, 0.29) is 5.97 Å². The van der Waals surface area contributed by atoms with Gasteiger partial charge in [0.25, 0.3) is 0 Å². The average Bonchev–Trinajstić information content (AvgIpc) is 2.18. The Morgan fingerprint density at radius 3 is 2.77 bits per heavy atom. The summed E-state index contributed by atoms with van der Waals surface area (Å²) in [6.45, 7) is 0. The molecule has 0 atom stereocenters. The number of rotatable bonds is 2. The number of esters is 1. The molecule has 68 valence electrons. The van der Waals surface area contributed by atoms with E-state index < -0.39 is 0 Å². The molecule has 0 aliphatic rings. The van der Waals surface area contributed by atoms with Crippen molar-refractivity contribution < 1.29 is 9.53 Å². The molecule has 0 amide bonds. The molecule has 0 N–H and O–H groups in total. The maximum atomic E-state index is 11.3. The zero-order chi connectivity index (χ0) is 9.68. The summed E-state index contributed by atoms with van der Waals surface area (Å²) >= 11 is 2.11. The van der Waals surface area contributed by atoms with Crippen molar-refractivity contribution in [3.8, 4) is 0 Å². The second kappa shape index (κ2) is 5.01. The van der Waals surface area contributed by atoms with Gasteiger partial charge in [0.15, 0.2) is 0 Å². The largest absolute Gasteiger partial charge is 0.465 e. The molecule has 1 aromatic rings. The fraction of sp³-hybridized carbons (Fsp3) is 0.100. The van der Waals surface area contributed by atoms with Gasteiger partial charge in [-0.05, 0) is 21.8 Å². The third kappa shape index (κ3) is 2.55. The summed E-state index contributed by atoms with van der Waals surface area (Å²) < 4.78 is 6.51. The SMILES string of the molecule is COC(=O)c1ccccc1/C=C/I. The summed E-state index contributed by atoms with van der Waals surface area (Å²) in [5, 5.41) is 0. The predicted molar refractivity (Wildman–Crippen MR) is 60.8 cm³/mol. The summed E-state index contributed by atoms with van der Waals surface area (Å²) in [6, 6.07) is 7.33. The molecule has 13 heavy (non-hydrogen) atoms. The smallest absolute Gasteiger partial charge is 0.338 e. The summed E-state index contributed by atoms with van der Waals surface area (Å²) in [5.74, 6) is -0.301. The van der Waals surface area contributed by atoms with Crippen LogP contribution in [0.4, 0.5) is 0 Å². The molecule has 1 rings (SSSR count). The van der Waals surface area contributed by atoms with Crippen LogP contribution in [0.2, 0.25) is 0 Å². The van der Waals surface area contributed by atoms with E-state index in [4.69, 9.17) is 0 Å². The average molecular weight is 288 g/mol. The van der Waals surface area contributed by atoms with Crippen LogP contribution in [0.1, 0.15) is 15.9 Å². The lowest BCUT2D eigenvalue weighted by molar-refractivity contribution is 0.0600. The standard InChI is InChI=1S/C10H9IO2/c1-13-10(12)9-5-3-2-4-8(9)6-7-11/h2-7H,1H3/b7-6+. The molecular formula is C10H9IO2. The van der Waals surface area contributed by atoms with Crippen LogP contribution in [0, 0.1) is 0 Å². The van der Waals surface area contributed by atoms with Crippen LogP contribution in [-0.4, -0.2) is 13.1 Å². The Morgan fingerprint density at radius 2 is 2.15 bits per heavy atom. The summed E-state index contributed by atoms with van der Waals surface area (Å²) in [4.78, 5) is 11.3. The van der Waals surface area contributed by atoms with Crippen LogP contribution in [0.25, 0.3) is 6.08 Å². The normalized spacial score (nSPS) is 10.3. The number of hydrogen-bond donors (Lipinski definition) is 0. The van der Waals surface area contributed by atoms with Gasteiger partial charge in [-0.25, -0.2) is 4.79 Å². The van der Waals surface area contributed by atoms with E-state index in [9.17, 15) is 4.79 Å². The van der Waals surface area contributed by atoms with Crippen LogP contribution in [0.5, 0.6) is 0 Å². The number of benzene rings is 1. The van der Waals surface area contributed by atoms with Crippen molar-refractivity contribution in [2.24, 2.45) is 0 Å². The quantitative estimate of drug-likeness (QED) is 0.618. The molecule has 0 saturated carbocycles. The van der Waals surface area contributed by atoms with E-state index in [1.165, 1.54) is 7.11 Å². The van der Waals surface area contributed by atoms with Gasteiger partial charge in [0.2, 0.25) is 0 Å². The molecule has 0 spiro atoms. The Labute approximate surface area is 90.7 Å². The van der Waals surface area contributed by atoms with Crippen molar-refractivity contribution in [3.63, 3.8) is 0 Å². The molecule has 0 heterocycles. The zero-order valence-electron chi connectivity index (χ0n) is 7.16. The Hall–Kier alpha value is -0.840. The van der Waals surface area contributed by atoms with Crippen molar-refractivity contribution in [1.82, 2.24) is 0 Å². The van der Waals surface area contributed by atoms with E-state index in [0.29, 0.717) is 5.56 Å². The van der Waals surface area contributed by atoms with Crippen LogP contribution in [0.3, 0.4) is 0 Å². The van der Waals surface area contributed by atoms with Gasteiger partial charge < -0.3 is 4.74 Å². The highest BCUT2D eigenvalue weighted by Gasteiger charge is 2.07. The van der Waals surface area contributed by atoms with E-state index in [1.54, 1.807) is 6.07 Å². The van der Waals surface area contributed by atoms with E-state index in [1.807, 2.05) is 28.4 Å². The first-order chi connectivity index (χ1) is 6.29. The Balaban J connectivity index is 3.11. The number of halogens is 1. The minimum Gasteiger partial charge on any atom is -0.465 e. The van der Waals surface area contributed by atoms with Gasteiger partial charge in [-0.1, -0.05) is 40.8 Å². The number of methoxy groups -OCH3 is 1. The summed E-state index contributed by atoms with van der Waals surface area (Å²) in [5.41, 5.74) is 1.47. The Morgan fingerprint density at radius 1 is 1.46 bits per heavy atom. The van der Waals surface area contributed by atoms with Gasteiger partial charge >= 0.3 is 5.97 Å². The fourth-order valence-corrected chi connectivity index (χ4v) is 1.39. The van der Waals surface area contributed by atoms with E-state index in [0.717, 1.165) is 5.56 Å². The minimum absolute atomic E-state index is 0.301. The highest BCUT2D eigenvalue weighted by atomic mass is 127. The highest BCUT2D eigenvalue weighted by Crippen LogP contribution is 2.12. The predicted octanol–water partition coefficient (Wildman–Crippen LogP) is 2.88. The van der Waals surface area contributed by atoms with Gasteiger partial charge in [-0.2, -0.15) is 0 Å². The third-order valence-electron chi connectivity index (χ3n) is 1.61. The molecular weight excluding hydrogens is 279 g/mol. The first kappa shape index (κ1) is 10.2. The van der Waals surface area contributed by atoms with Gasteiger partial charge in [0.1, 0.15) is 0 Å². The number of ether oxygens (including phenoxy) is 1. The van der Waals surface area contributed by atoms with Crippen LogP contribution in [-0.2, 0) is 4.74 Å². The van der Waals surface area contributed by atoms with Crippen molar-refractivity contribution >= 4 is 34.6 Å². The summed E-state index contributed by atoms with van der Waals surface area (Å²) in [7, 11) is 1.38. The monoisotopic (exact) mass is 288 g/mol.